The van der Waals surface area contributed by atoms with E-state index in [1.807, 2.05) is 7.05 Å². The van der Waals surface area contributed by atoms with Crippen molar-refractivity contribution in [3.05, 3.63) is 0 Å². The summed E-state index contributed by atoms with van der Waals surface area (Å²) in [5, 5.41) is 26.6. The maximum atomic E-state index is 12.2. The molecule has 1 rings (SSSR count). The van der Waals surface area contributed by atoms with Gasteiger partial charge in [0.05, 0.1) is 12.5 Å². The third-order valence-corrected chi connectivity index (χ3v) is 4.59. The van der Waals surface area contributed by atoms with Crippen LogP contribution in [-0.4, -0.2) is 65.2 Å². The van der Waals surface area contributed by atoms with Crippen LogP contribution in [0.25, 0.3) is 0 Å². The van der Waals surface area contributed by atoms with Crippen molar-refractivity contribution in [2.24, 2.45) is 11.8 Å². The molecule has 24 heavy (non-hydrogen) atoms. The number of carboxylic acid groups (broad SMARTS) is 1. The van der Waals surface area contributed by atoms with Crippen LogP contribution >= 0.6 is 0 Å². The summed E-state index contributed by atoms with van der Waals surface area (Å²) in [6, 6.07) is 0. The molecule has 0 amide bonds. The molecule has 0 radical (unpaired) electrons. The standard InChI is InChI=1S/C17H31NO6/c1-18-10-8-14(9-11-18)17(23)24-12-13(4-2-6-15(19)20)5-3-7-16(21)22/h13-15,19-20H,2-12H2,1H3,(H,21,22). The van der Waals surface area contributed by atoms with Crippen molar-refractivity contribution in [1.29, 1.82) is 0 Å². The number of carbonyl (C=O) groups is 2. The van der Waals surface area contributed by atoms with E-state index in [2.05, 4.69) is 4.90 Å². The molecular formula is C17H31NO6. The van der Waals surface area contributed by atoms with Gasteiger partial charge in [0, 0.05) is 6.42 Å². The molecule has 1 aliphatic heterocycles. The highest BCUT2D eigenvalue weighted by molar-refractivity contribution is 5.72. The predicted octanol–water partition coefficient (Wildman–Crippen LogP) is 1.22. The highest BCUT2D eigenvalue weighted by atomic mass is 16.5. The van der Waals surface area contributed by atoms with E-state index in [-0.39, 0.29) is 37.3 Å². The van der Waals surface area contributed by atoms with Gasteiger partial charge in [-0.3, -0.25) is 9.59 Å². The number of likely N-dealkylation sites (tertiary alicyclic amines) is 1. The van der Waals surface area contributed by atoms with Crippen molar-refractivity contribution in [3.63, 3.8) is 0 Å². The summed E-state index contributed by atoms with van der Waals surface area (Å²) in [5.74, 6) is -0.963. The summed E-state index contributed by atoms with van der Waals surface area (Å²) < 4.78 is 5.46. The Morgan fingerprint density at radius 2 is 1.75 bits per heavy atom. The lowest BCUT2D eigenvalue weighted by Crippen LogP contribution is -2.34. The van der Waals surface area contributed by atoms with Crippen LogP contribution in [0.1, 0.15) is 51.4 Å². The zero-order valence-electron chi connectivity index (χ0n) is 14.5. The molecule has 7 heteroatoms. The summed E-state index contributed by atoms with van der Waals surface area (Å²) in [5.41, 5.74) is 0. The number of aliphatic carboxylic acids is 1. The Morgan fingerprint density at radius 3 is 2.33 bits per heavy atom. The van der Waals surface area contributed by atoms with Gasteiger partial charge in [-0.15, -0.1) is 0 Å². The van der Waals surface area contributed by atoms with Crippen LogP contribution in [0, 0.1) is 11.8 Å². The summed E-state index contributed by atoms with van der Waals surface area (Å²) in [4.78, 5) is 25.0. The van der Waals surface area contributed by atoms with Crippen molar-refractivity contribution >= 4 is 11.9 Å². The van der Waals surface area contributed by atoms with Crippen molar-refractivity contribution < 1.29 is 29.6 Å². The first-order valence-corrected chi connectivity index (χ1v) is 8.81. The number of aliphatic hydroxyl groups is 2. The minimum absolute atomic E-state index is 0.0415. The minimum Gasteiger partial charge on any atom is -0.481 e. The molecule has 1 aliphatic rings. The van der Waals surface area contributed by atoms with Gasteiger partial charge in [0.25, 0.3) is 0 Å². The Bertz CT molecular complexity index is 379. The van der Waals surface area contributed by atoms with Crippen LogP contribution in [0.4, 0.5) is 0 Å². The quantitative estimate of drug-likeness (QED) is 0.382. The Kier molecular flexibility index (Phi) is 9.90. The van der Waals surface area contributed by atoms with E-state index >= 15 is 0 Å². The maximum absolute atomic E-state index is 12.2. The number of piperidine rings is 1. The second kappa shape index (κ2) is 11.4. The molecule has 0 saturated carbocycles. The number of nitrogens with zero attached hydrogens (tertiary/aromatic N) is 1. The topological polar surface area (TPSA) is 107 Å². The lowest BCUT2D eigenvalue weighted by Gasteiger charge is -2.28. The number of hydrogen-bond acceptors (Lipinski definition) is 6. The van der Waals surface area contributed by atoms with Crippen molar-refractivity contribution in [1.82, 2.24) is 4.90 Å². The number of rotatable bonds is 11. The molecule has 0 aliphatic carbocycles. The summed E-state index contributed by atoms with van der Waals surface area (Å²) in [7, 11) is 2.04. The molecule has 0 bridgehead atoms. The molecule has 140 valence electrons. The Hall–Kier alpha value is -1.18. The average molecular weight is 345 g/mol. The monoisotopic (exact) mass is 345 g/mol. The zero-order chi connectivity index (χ0) is 17.9. The molecule has 1 fully saturated rings. The number of hydrogen-bond donors (Lipinski definition) is 3. The second-order valence-corrected chi connectivity index (χ2v) is 6.77. The van der Waals surface area contributed by atoms with E-state index in [4.69, 9.17) is 20.1 Å². The lowest BCUT2D eigenvalue weighted by molar-refractivity contribution is -0.152. The van der Waals surface area contributed by atoms with Gasteiger partial charge < -0.3 is 25.0 Å². The molecule has 1 unspecified atom stereocenters. The van der Waals surface area contributed by atoms with Crippen molar-refractivity contribution in [2.75, 3.05) is 26.7 Å². The summed E-state index contributed by atoms with van der Waals surface area (Å²) >= 11 is 0. The van der Waals surface area contributed by atoms with Gasteiger partial charge in [-0.25, -0.2) is 0 Å². The van der Waals surface area contributed by atoms with E-state index in [0.717, 1.165) is 25.9 Å². The molecule has 3 N–H and O–H groups in total. The number of carbonyl (C=O) groups excluding carboxylic acids is 1. The molecule has 7 nitrogen and oxygen atoms in total. The summed E-state index contributed by atoms with van der Waals surface area (Å²) in [6.07, 6.45) is 3.18. The highest BCUT2D eigenvalue weighted by Gasteiger charge is 2.25. The first-order chi connectivity index (χ1) is 11.4. The van der Waals surface area contributed by atoms with E-state index in [0.29, 0.717) is 25.7 Å². The predicted molar refractivity (Wildman–Crippen MR) is 88.2 cm³/mol. The van der Waals surface area contributed by atoms with Crippen LogP contribution in [0.15, 0.2) is 0 Å². The Labute approximate surface area is 143 Å². The van der Waals surface area contributed by atoms with Gasteiger partial charge in [0.1, 0.15) is 0 Å². The molecular weight excluding hydrogens is 314 g/mol. The number of carboxylic acids is 1. The Balaban J connectivity index is 2.35. The molecule has 0 aromatic heterocycles. The SMILES string of the molecule is CN1CCC(C(=O)OCC(CCCC(=O)O)CCCC(O)O)CC1. The third kappa shape index (κ3) is 9.20. The van der Waals surface area contributed by atoms with E-state index in [9.17, 15) is 9.59 Å². The number of ether oxygens (including phenoxy) is 1. The second-order valence-electron chi connectivity index (χ2n) is 6.77. The van der Waals surface area contributed by atoms with E-state index in [1.54, 1.807) is 0 Å². The molecule has 1 saturated heterocycles. The van der Waals surface area contributed by atoms with Gasteiger partial charge in [0.15, 0.2) is 6.29 Å². The van der Waals surface area contributed by atoms with Crippen LogP contribution in [-0.2, 0) is 14.3 Å². The maximum Gasteiger partial charge on any atom is 0.309 e. The third-order valence-electron chi connectivity index (χ3n) is 4.59. The van der Waals surface area contributed by atoms with Gasteiger partial charge in [-0.1, -0.05) is 0 Å². The van der Waals surface area contributed by atoms with Crippen LogP contribution in [0.3, 0.4) is 0 Å². The lowest BCUT2D eigenvalue weighted by atomic mass is 9.95. The number of aliphatic hydroxyl groups excluding tert-OH is 1. The van der Waals surface area contributed by atoms with Crippen molar-refractivity contribution in [2.45, 2.75) is 57.7 Å². The largest absolute Gasteiger partial charge is 0.481 e. The van der Waals surface area contributed by atoms with Gasteiger partial charge >= 0.3 is 11.9 Å². The highest BCUT2D eigenvalue weighted by Crippen LogP contribution is 2.21. The average Bonchev–Trinajstić information content (AvgIpc) is 2.51. The molecule has 0 aromatic rings. The number of esters is 1. The minimum atomic E-state index is -1.33. The van der Waals surface area contributed by atoms with Gasteiger partial charge in [-0.05, 0) is 71.0 Å². The Morgan fingerprint density at radius 1 is 1.12 bits per heavy atom. The fourth-order valence-electron chi connectivity index (χ4n) is 3.00. The molecule has 1 heterocycles. The van der Waals surface area contributed by atoms with E-state index in [1.165, 1.54) is 0 Å². The zero-order valence-corrected chi connectivity index (χ0v) is 14.5. The fraction of sp³-hybridized carbons (Fsp3) is 0.882. The van der Waals surface area contributed by atoms with Crippen molar-refractivity contribution in [3.8, 4) is 0 Å². The molecule has 1 atom stereocenters. The van der Waals surface area contributed by atoms with Gasteiger partial charge in [-0.2, -0.15) is 0 Å². The van der Waals surface area contributed by atoms with Crippen LogP contribution in [0.2, 0.25) is 0 Å². The fourth-order valence-corrected chi connectivity index (χ4v) is 3.00. The van der Waals surface area contributed by atoms with E-state index < -0.39 is 12.3 Å². The van der Waals surface area contributed by atoms with Crippen LogP contribution in [0.5, 0.6) is 0 Å². The van der Waals surface area contributed by atoms with Gasteiger partial charge in [0.2, 0.25) is 0 Å². The normalized spacial score (nSPS) is 17.8. The smallest absolute Gasteiger partial charge is 0.309 e. The van der Waals surface area contributed by atoms with Crippen LogP contribution < -0.4 is 0 Å². The first-order valence-electron chi connectivity index (χ1n) is 8.81. The molecule has 0 spiro atoms. The molecule has 0 aromatic carbocycles. The first kappa shape index (κ1) is 20.9. The summed E-state index contributed by atoms with van der Waals surface area (Å²) in [6.45, 7) is 2.08.